The van der Waals surface area contributed by atoms with Gasteiger partial charge in [-0.3, -0.25) is 4.90 Å². The normalized spacial score (nSPS) is 51.8. The molecule has 3 aliphatic rings. The van der Waals surface area contributed by atoms with E-state index in [-0.39, 0.29) is 0 Å². The Hall–Kier alpha value is 0.310. The summed E-state index contributed by atoms with van der Waals surface area (Å²) in [5, 5.41) is 1.04. The summed E-state index contributed by atoms with van der Waals surface area (Å²) in [6.45, 7) is 5.21. The van der Waals surface area contributed by atoms with E-state index in [0.717, 1.165) is 23.1 Å². The van der Waals surface area contributed by atoms with Gasteiger partial charge in [0.05, 0.1) is 0 Å². The van der Waals surface area contributed by atoms with Crippen molar-refractivity contribution in [3.63, 3.8) is 0 Å². The van der Waals surface area contributed by atoms with Crippen LogP contribution in [0.2, 0.25) is 0 Å². The average molecular weight is 183 g/mol. The molecule has 0 aromatic carbocycles. The van der Waals surface area contributed by atoms with E-state index in [1.165, 1.54) is 31.7 Å². The molecule has 0 N–H and O–H groups in total. The standard InChI is InChI=1S/C10H17NS/c1-7-2-8(3-7)4-11-5-10-9(11)6-12-10/h7-10H,2-6H2,1H3. The lowest BCUT2D eigenvalue weighted by molar-refractivity contribution is 0.0474. The Labute approximate surface area is 78.9 Å². The van der Waals surface area contributed by atoms with Crippen LogP contribution in [0.3, 0.4) is 0 Å². The van der Waals surface area contributed by atoms with Gasteiger partial charge in [-0.15, -0.1) is 0 Å². The minimum Gasteiger partial charge on any atom is -0.297 e. The largest absolute Gasteiger partial charge is 0.297 e. The molecular formula is C10H17NS. The molecule has 2 heterocycles. The summed E-state index contributed by atoms with van der Waals surface area (Å²) in [5.41, 5.74) is 0. The molecule has 3 rings (SSSR count). The van der Waals surface area contributed by atoms with Gasteiger partial charge in [0.25, 0.3) is 0 Å². The summed E-state index contributed by atoms with van der Waals surface area (Å²) in [5.74, 6) is 3.52. The van der Waals surface area contributed by atoms with Crippen LogP contribution < -0.4 is 0 Å². The Balaban J connectivity index is 1.45. The van der Waals surface area contributed by atoms with Crippen molar-refractivity contribution in [1.29, 1.82) is 0 Å². The number of hydrogen-bond acceptors (Lipinski definition) is 2. The number of likely N-dealkylation sites (tertiary alicyclic amines) is 1. The summed E-state index contributed by atoms with van der Waals surface area (Å²) < 4.78 is 0. The Morgan fingerprint density at radius 1 is 1.42 bits per heavy atom. The minimum atomic E-state index is 1.01. The van der Waals surface area contributed by atoms with Crippen molar-refractivity contribution in [3.05, 3.63) is 0 Å². The van der Waals surface area contributed by atoms with Crippen LogP contribution in [0.4, 0.5) is 0 Å². The fourth-order valence-electron chi connectivity index (χ4n) is 2.82. The zero-order chi connectivity index (χ0) is 8.13. The van der Waals surface area contributed by atoms with Crippen molar-refractivity contribution >= 4 is 11.8 Å². The van der Waals surface area contributed by atoms with E-state index in [0.29, 0.717) is 0 Å². The number of thioether (sulfide) groups is 1. The lowest BCUT2D eigenvalue weighted by Crippen LogP contribution is -2.66. The molecule has 2 unspecified atom stereocenters. The van der Waals surface area contributed by atoms with Gasteiger partial charge >= 0.3 is 0 Å². The monoisotopic (exact) mass is 183 g/mol. The fourth-order valence-corrected chi connectivity index (χ4v) is 4.14. The Bertz CT molecular complexity index is 188. The van der Waals surface area contributed by atoms with Crippen molar-refractivity contribution in [2.24, 2.45) is 11.8 Å². The highest BCUT2D eigenvalue weighted by Crippen LogP contribution is 2.43. The number of fused-ring (bicyclic) bond motifs is 1. The highest BCUT2D eigenvalue weighted by atomic mass is 32.2. The van der Waals surface area contributed by atoms with E-state index in [2.05, 4.69) is 23.6 Å². The molecule has 12 heavy (non-hydrogen) atoms. The van der Waals surface area contributed by atoms with Gasteiger partial charge in [-0.05, 0) is 24.7 Å². The maximum Gasteiger partial charge on any atom is 0.0339 e. The molecule has 68 valence electrons. The Morgan fingerprint density at radius 2 is 2.25 bits per heavy atom. The third-order valence-electron chi connectivity index (χ3n) is 3.76. The van der Waals surface area contributed by atoms with Crippen LogP contribution in [0.5, 0.6) is 0 Å². The summed E-state index contributed by atoms with van der Waals surface area (Å²) in [4.78, 5) is 2.72. The molecule has 0 bridgehead atoms. The van der Waals surface area contributed by atoms with Crippen molar-refractivity contribution in [3.8, 4) is 0 Å². The molecule has 2 aliphatic heterocycles. The van der Waals surface area contributed by atoms with Crippen molar-refractivity contribution in [2.45, 2.75) is 31.1 Å². The van der Waals surface area contributed by atoms with Crippen molar-refractivity contribution < 1.29 is 0 Å². The first-order valence-electron chi connectivity index (χ1n) is 5.18. The number of nitrogens with zero attached hydrogens (tertiary/aromatic N) is 1. The van der Waals surface area contributed by atoms with E-state index in [9.17, 15) is 0 Å². The van der Waals surface area contributed by atoms with E-state index < -0.39 is 0 Å². The van der Waals surface area contributed by atoms with Crippen LogP contribution in [-0.2, 0) is 0 Å². The second kappa shape index (κ2) is 2.65. The van der Waals surface area contributed by atoms with Gasteiger partial charge in [-0.25, -0.2) is 0 Å². The molecule has 0 radical (unpaired) electrons. The number of rotatable bonds is 2. The first-order valence-corrected chi connectivity index (χ1v) is 6.23. The van der Waals surface area contributed by atoms with Gasteiger partial charge in [0, 0.05) is 30.1 Å². The van der Waals surface area contributed by atoms with Crippen LogP contribution in [-0.4, -0.2) is 35.0 Å². The maximum atomic E-state index is 2.72. The van der Waals surface area contributed by atoms with Crippen molar-refractivity contribution in [1.82, 2.24) is 4.90 Å². The van der Waals surface area contributed by atoms with Crippen LogP contribution in [0.1, 0.15) is 19.8 Å². The van der Waals surface area contributed by atoms with Gasteiger partial charge in [0.1, 0.15) is 0 Å². The second-order valence-corrected chi connectivity index (χ2v) is 6.11. The van der Waals surface area contributed by atoms with Gasteiger partial charge in [-0.1, -0.05) is 6.92 Å². The molecule has 1 aliphatic carbocycles. The first kappa shape index (κ1) is 7.69. The Morgan fingerprint density at radius 3 is 2.67 bits per heavy atom. The van der Waals surface area contributed by atoms with Gasteiger partial charge in [0.15, 0.2) is 0 Å². The Kier molecular flexibility index (Phi) is 1.70. The predicted octanol–water partition coefficient (Wildman–Crippen LogP) is 1.83. The molecule has 2 atom stereocenters. The topological polar surface area (TPSA) is 3.24 Å². The van der Waals surface area contributed by atoms with Gasteiger partial charge < -0.3 is 0 Å². The molecule has 2 saturated heterocycles. The van der Waals surface area contributed by atoms with E-state index >= 15 is 0 Å². The van der Waals surface area contributed by atoms with E-state index in [1.807, 2.05) is 0 Å². The van der Waals surface area contributed by atoms with Crippen molar-refractivity contribution in [2.75, 3.05) is 18.8 Å². The average Bonchev–Trinajstić information content (AvgIpc) is 1.95. The van der Waals surface area contributed by atoms with Crippen LogP contribution in [0, 0.1) is 11.8 Å². The SMILES string of the molecule is CC1CC(CN2CC3SCC32)C1. The predicted molar refractivity (Wildman–Crippen MR) is 53.5 cm³/mol. The molecular weight excluding hydrogens is 166 g/mol. The molecule has 0 spiro atoms. The third kappa shape index (κ3) is 1.04. The smallest absolute Gasteiger partial charge is 0.0339 e. The quantitative estimate of drug-likeness (QED) is 0.642. The molecule has 0 aromatic rings. The maximum absolute atomic E-state index is 2.72. The second-order valence-electron chi connectivity index (χ2n) is 4.84. The lowest BCUT2D eigenvalue weighted by Gasteiger charge is -2.56. The van der Waals surface area contributed by atoms with E-state index in [4.69, 9.17) is 0 Å². The zero-order valence-corrected chi connectivity index (χ0v) is 8.52. The highest BCUT2D eigenvalue weighted by Gasteiger charge is 2.47. The molecule has 1 saturated carbocycles. The van der Waals surface area contributed by atoms with Crippen LogP contribution in [0.25, 0.3) is 0 Å². The molecule has 0 aromatic heterocycles. The summed E-state index contributed by atoms with van der Waals surface area (Å²) in [7, 11) is 0. The summed E-state index contributed by atoms with van der Waals surface area (Å²) >= 11 is 2.17. The van der Waals surface area contributed by atoms with Crippen LogP contribution >= 0.6 is 11.8 Å². The molecule has 0 amide bonds. The van der Waals surface area contributed by atoms with Crippen LogP contribution in [0.15, 0.2) is 0 Å². The molecule has 2 heteroatoms. The fraction of sp³-hybridized carbons (Fsp3) is 1.00. The zero-order valence-electron chi connectivity index (χ0n) is 7.70. The van der Waals surface area contributed by atoms with Gasteiger partial charge in [0.2, 0.25) is 0 Å². The van der Waals surface area contributed by atoms with Gasteiger partial charge in [-0.2, -0.15) is 11.8 Å². The highest BCUT2D eigenvalue weighted by molar-refractivity contribution is 8.01. The minimum absolute atomic E-state index is 1.01. The first-order chi connectivity index (χ1) is 5.83. The lowest BCUT2D eigenvalue weighted by atomic mass is 9.75. The number of hydrogen-bond donors (Lipinski definition) is 0. The molecule has 3 fully saturated rings. The third-order valence-corrected chi connectivity index (χ3v) is 5.18. The summed E-state index contributed by atoms with van der Waals surface area (Å²) in [6, 6.07) is 1.01. The molecule has 1 nitrogen and oxygen atoms in total. The summed E-state index contributed by atoms with van der Waals surface area (Å²) in [6.07, 6.45) is 3.00. The van der Waals surface area contributed by atoms with E-state index in [1.54, 1.807) is 0 Å².